The van der Waals surface area contributed by atoms with Gasteiger partial charge in [-0.1, -0.05) is 24.3 Å². The molecule has 1 amide bonds. The molecule has 2 aromatic rings. The first-order valence-electron chi connectivity index (χ1n) is 7.34. The molecule has 25 heavy (non-hydrogen) atoms. The second-order valence-electron chi connectivity index (χ2n) is 5.34. The fraction of sp³-hybridized carbons (Fsp3) is 0.176. The number of carbonyl (C=O) groups excluding carboxylic acids is 1. The Morgan fingerprint density at radius 3 is 2.76 bits per heavy atom. The van der Waals surface area contributed by atoms with Crippen molar-refractivity contribution in [3.05, 3.63) is 63.2 Å². The number of benzene rings is 2. The van der Waals surface area contributed by atoms with E-state index in [1.807, 2.05) is 32.0 Å². The number of hydrazone groups is 1. The Balaban J connectivity index is 1.91. The zero-order valence-corrected chi connectivity index (χ0v) is 13.7. The molecule has 8 nitrogen and oxygen atoms in total. The van der Waals surface area contributed by atoms with Crippen LogP contribution in [0.5, 0.6) is 11.5 Å². The van der Waals surface area contributed by atoms with E-state index >= 15 is 0 Å². The third-order valence-electron chi connectivity index (χ3n) is 3.28. The molecule has 2 rings (SSSR count). The number of hydrogen-bond acceptors (Lipinski definition) is 6. The summed E-state index contributed by atoms with van der Waals surface area (Å²) in [7, 11) is 0. The van der Waals surface area contributed by atoms with E-state index in [-0.39, 0.29) is 6.61 Å². The summed E-state index contributed by atoms with van der Waals surface area (Å²) in [5.41, 5.74) is 3.96. The van der Waals surface area contributed by atoms with Crippen LogP contribution in [0.4, 0.5) is 5.69 Å². The first-order chi connectivity index (χ1) is 11.9. The Morgan fingerprint density at radius 2 is 2.04 bits per heavy atom. The van der Waals surface area contributed by atoms with Gasteiger partial charge in [0.05, 0.1) is 11.1 Å². The van der Waals surface area contributed by atoms with Gasteiger partial charge in [-0.3, -0.25) is 14.9 Å². The first-order valence-corrected chi connectivity index (χ1v) is 7.34. The van der Waals surface area contributed by atoms with Crippen molar-refractivity contribution in [3.63, 3.8) is 0 Å². The van der Waals surface area contributed by atoms with Crippen molar-refractivity contribution in [2.24, 2.45) is 5.10 Å². The van der Waals surface area contributed by atoms with E-state index in [2.05, 4.69) is 10.5 Å². The summed E-state index contributed by atoms with van der Waals surface area (Å²) in [4.78, 5) is 21.7. The second-order valence-corrected chi connectivity index (χ2v) is 5.34. The van der Waals surface area contributed by atoms with Crippen LogP contribution >= 0.6 is 0 Å². The second kappa shape index (κ2) is 7.91. The molecule has 0 spiro atoms. The largest absolute Gasteiger partial charge is 0.868 e. The van der Waals surface area contributed by atoms with Crippen LogP contribution in [-0.2, 0) is 4.79 Å². The van der Waals surface area contributed by atoms with Gasteiger partial charge in [0.2, 0.25) is 0 Å². The van der Waals surface area contributed by atoms with Gasteiger partial charge in [-0.25, -0.2) is 5.43 Å². The summed E-state index contributed by atoms with van der Waals surface area (Å²) in [6.45, 7) is 3.57. The van der Waals surface area contributed by atoms with Gasteiger partial charge >= 0.3 is 0 Å². The normalized spacial score (nSPS) is 10.6. The molecule has 1 N–H and O–H groups in total. The minimum Gasteiger partial charge on any atom is -0.868 e. The predicted octanol–water partition coefficient (Wildman–Crippen LogP) is 1.81. The Bertz CT molecular complexity index is 833. The quantitative estimate of drug-likeness (QED) is 0.488. The average molecular weight is 342 g/mol. The number of rotatable bonds is 6. The Morgan fingerprint density at radius 1 is 1.28 bits per heavy atom. The van der Waals surface area contributed by atoms with Crippen molar-refractivity contribution < 1.29 is 19.6 Å². The number of nitrogens with zero attached hydrogens (tertiary/aromatic N) is 2. The van der Waals surface area contributed by atoms with Gasteiger partial charge in [0.1, 0.15) is 5.75 Å². The Labute approximate surface area is 143 Å². The molecule has 0 bridgehead atoms. The third kappa shape index (κ3) is 5.03. The summed E-state index contributed by atoms with van der Waals surface area (Å²) in [6.07, 6.45) is 1.21. The number of hydrogen-bond donors (Lipinski definition) is 1. The number of ether oxygens (including phenoxy) is 1. The highest BCUT2D eigenvalue weighted by molar-refractivity contribution is 5.84. The SMILES string of the molecule is Cc1ccc(C)c(OCC(=O)N/N=C\c2ccc([O-])c([N+](=O)[O-])c2)c1. The van der Waals surface area contributed by atoms with Crippen LogP contribution in [0.1, 0.15) is 16.7 Å². The predicted molar refractivity (Wildman–Crippen MR) is 89.7 cm³/mol. The number of carbonyl (C=O) groups is 1. The molecule has 0 aliphatic carbocycles. The maximum Gasteiger partial charge on any atom is 0.277 e. The van der Waals surface area contributed by atoms with E-state index in [0.717, 1.165) is 23.3 Å². The van der Waals surface area contributed by atoms with Crippen molar-refractivity contribution >= 4 is 17.8 Å². The molecule has 0 unspecified atom stereocenters. The molecule has 0 aliphatic heterocycles. The van der Waals surface area contributed by atoms with Crippen LogP contribution in [0, 0.1) is 24.0 Å². The van der Waals surface area contributed by atoms with E-state index in [4.69, 9.17) is 4.74 Å². The van der Waals surface area contributed by atoms with Crippen LogP contribution < -0.4 is 15.3 Å². The van der Waals surface area contributed by atoms with Crippen LogP contribution in [0.2, 0.25) is 0 Å². The molecule has 0 radical (unpaired) electrons. The number of aryl methyl sites for hydroxylation is 2. The molecule has 0 heterocycles. The molecule has 0 aromatic heterocycles. The minimum absolute atomic E-state index is 0.221. The smallest absolute Gasteiger partial charge is 0.277 e. The van der Waals surface area contributed by atoms with E-state index in [0.29, 0.717) is 11.3 Å². The van der Waals surface area contributed by atoms with E-state index in [9.17, 15) is 20.0 Å². The molecule has 0 aliphatic rings. The molecule has 0 saturated heterocycles. The maximum atomic E-state index is 11.7. The maximum absolute atomic E-state index is 11.7. The molecule has 130 valence electrons. The lowest BCUT2D eigenvalue weighted by atomic mass is 10.1. The molecule has 8 heteroatoms. The lowest BCUT2D eigenvalue weighted by Gasteiger charge is -2.09. The lowest BCUT2D eigenvalue weighted by molar-refractivity contribution is -0.398. The number of nitro benzene ring substituents is 1. The van der Waals surface area contributed by atoms with Gasteiger partial charge in [-0.2, -0.15) is 5.10 Å². The Kier molecular flexibility index (Phi) is 5.67. The van der Waals surface area contributed by atoms with Gasteiger partial charge in [0.15, 0.2) is 6.61 Å². The number of amides is 1. The van der Waals surface area contributed by atoms with Crippen molar-refractivity contribution in [2.45, 2.75) is 13.8 Å². The zero-order valence-electron chi connectivity index (χ0n) is 13.7. The van der Waals surface area contributed by atoms with E-state index < -0.39 is 22.3 Å². The summed E-state index contributed by atoms with van der Waals surface area (Å²) in [6, 6.07) is 9.20. The molecule has 0 atom stereocenters. The molecule has 0 fully saturated rings. The number of nitro groups is 1. The van der Waals surface area contributed by atoms with Crippen molar-refractivity contribution in [3.8, 4) is 11.5 Å². The fourth-order valence-electron chi connectivity index (χ4n) is 1.97. The van der Waals surface area contributed by atoms with Gasteiger partial charge in [-0.05, 0) is 36.8 Å². The number of nitrogens with one attached hydrogen (secondary N) is 1. The van der Waals surface area contributed by atoms with Crippen molar-refractivity contribution in [1.82, 2.24) is 5.43 Å². The third-order valence-corrected chi connectivity index (χ3v) is 3.28. The average Bonchev–Trinajstić information content (AvgIpc) is 2.57. The van der Waals surface area contributed by atoms with Gasteiger partial charge < -0.3 is 9.84 Å². The summed E-state index contributed by atoms with van der Waals surface area (Å²) < 4.78 is 5.43. The topological polar surface area (TPSA) is 117 Å². The Hall–Kier alpha value is -3.42. The summed E-state index contributed by atoms with van der Waals surface area (Å²) in [5.74, 6) is -0.555. The molecule has 2 aromatic carbocycles. The van der Waals surface area contributed by atoms with Crippen molar-refractivity contribution in [2.75, 3.05) is 6.61 Å². The standard InChI is InChI=1S/C17H17N3O5/c1-11-3-4-12(2)16(7-11)25-10-17(22)19-18-9-13-5-6-15(21)14(8-13)20(23)24/h3-9,21H,10H2,1-2H3,(H,19,22)/p-1/b18-9-. The van der Waals surface area contributed by atoms with E-state index in [1.54, 1.807) is 0 Å². The van der Waals surface area contributed by atoms with Gasteiger partial charge in [0, 0.05) is 11.6 Å². The van der Waals surface area contributed by atoms with E-state index in [1.165, 1.54) is 12.3 Å². The molecular formula is C17H16N3O5-. The molecular weight excluding hydrogens is 326 g/mol. The molecule has 0 saturated carbocycles. The highest BCUT2D eigenvalue weighted by atomic mass is 16.6. The highest BCUT2D eigenvalue weighted by Gasteiger charge is 2.07. The van der Waals surface area contributed by atoms with Crippen LogP contribution in [-0.4, -0.2) is 23.7 Å². The van der Waals surface area contributed by atoms with Gasteiger partial charge in [-0.15, -0.1) is 0 Å². The lowest BCUT2D eigenvalue weighted by Crippen LogP contribution is -2.24. The summed E-state index contributed by atoms with van der Waals surface area (Å²) in [5, 5.41) is 25.7. The highest BCUT2D eigenvalue weighted by Crippen LogP contribution is 2.23. The first kappa shape index (κ1) is 17.9. The van der Waals surface area contributed by atoms with Crippen LogP contribution in [0.15, 0.2) is 41.5 Å². The van der Waals surface area contributed by atoms with Crippen LogP contribution in [0.3, 0.4) is 0 Å². The van der Waals surface area contributed by atoms with Crippen molar-refractivity contribution in [1.29, 1.82) is 0 Å². The minimum atomic E-state index is -0.768. The van der Waals surface area contributed by atoms with Gasteiger partial charge in [0.25, 0.3) is 11.6 Å². The fourth-order valence-corrected chi connectivity index (χ4v) is 1.97. The summed E-state index contributed by atoms with van der Waals surface area (Å²) >= 11 is 0. The van der Waals surface area contributed by atoms with Crippen LogP contribution in [0.25, 0.3) is 0 Å². The zero-order chi connectivity index (χ0) is 18.4. The monoisotopic (exact) mass is 342 g/mol.